The lowest BCUT2D eigenvalue weighted by atomic mass is 9.73. The minimum absolute atomic E-state index is 0.115. The molecule has 1 aromatic rings. The molecule has 0 spiro atoms. The summed E-state index contributed by atoms with van der Waals surface area (Å²) in [4.78, 5) is 0. The summed E-state index contributed by atoms with van der Waals surface area (Å²) in [7, 11) is 0. The number of nitrogens with two attached hydrogens (primary N) is 1. The van der Waals surface area contributed by atoms with Gasteiger partial charge in [0.05, 0.1) is 0 Å². The monoisotopic (exact) mass is 347 g/mol. The van der Waals surface area contributed by atoms with Crippen molar-refractivity contribution >= 4 is 0 Å². The van der Waals surface area contributed by atoms with Crippen molar-refractivity contribution in [1.29, 1.82) is 0 Å². The fourth-order valence-corrected chi connectivity index (χ4v) is 3.46. The lowest BCUT2D eigenvalue weighted by Gasteiger charge is -2.35. The molecular weight excluding hydrogens is 306 g/mol. The molecule has 0 fully saturated rings. The second kappa shape index (κ2) is 8.12. The van der Waals surface area contributed by atoms with Crippen molar-refractivity contribution < 1.29 is 5.11 Å². The van der Waals surface area contributed by atoms with E-state index in [1.54, 1.807) is 0 Å². The van der Waals surface area contributed by atoms with Crippen molar-refractivity contribution in [1.82, 2.24) is 0 Å². The number of aromatic hydroxyl groups is 1. The van der Waals surface area contributed by atoms with Gasteiger partial charge in [-0.05, 0) is 52.5 Å². The summed E-state index contributed by atoms with van der Waals surface area (Å²) in [5, 5.41) is 11.0. The summed E-state index contributed by atoms with van der Waals surface area (Å²) in [5.41, 5.74) is 9.67. The van der Waals surface area contributed by atoms with Crippen LogP contribution in [0.15, 0.2) is 12.1 Å². The van der Waals surface area contributed by atoms with E-state index in [-0.39, 0.29) is 16.4 Å². The molecule has 0 saturated heterocycles. The number of phenolic OH excluding ortho intramolecular Hbond substituents is 1. The second-order valence-electron chi connectivity index (χ2n) is 9.78. The van der Waals surface area contributed by atoms with Crippen molar-refractivity contribution in [2.75, 3.05) is 0 Å². The Morgan fingerprint density at radius 3 is 1.44 bits per heavy atom. The van der Waals surface area contributed by atoms with Crippen molar-refractivity contribution in [2.24, 2.45) is 5.73 Å². The van der Waals surface area contributed by atoms with Gasteiger partial charge in [-0.15, -0.1) is 0 Å². The van der Waals surface area contributed by atoms with Gasteiger partial charge in [0.1, 0.15) is 5.75 Å². The molecule has 0 saturated carbocycles. The highest BCUT2D eigenvalue weighted by Crippen LogP contribution is 2.43. The van der Waals surface area contributed by atoms with Crippen molar-refractivity contribution in [3.05, 3.63) is 28.8 Å². The third-order valence-corrected chi connectivity index (χ3v) is 5.25. The number of phenols is 1. The molecule has 2 heteroatoms. The fourth-order valence-electron chi connectivity index (χ4n) is 3.46. The van der Waals surface area contributed by atoms with E-state index in [2.05, 4.69) is 67.5 Å². The Hall–Kier alpha value is -1.02. The van der Waals surface area contributed by atoms with Gasteiger partial charge in [0, 0.05) is 5.54 Å². The molecule has 0 aromatic heterocycles. The van der Waals surface area contributed by atoms with Crippen molar-refractivity contribution in [3.8, 4) is 5.75 Å². The third kappa shape index (κ3) is 5.48. The van der Waals surface area contributed by atoms with Crippen LogP contribution in [-0.2, 0) is 16.4 Å². The highest BCUT2D eigenvalue weighted by atomic mass is 16.3. The van der Waals surface area contributed by atoms with E-state index >= 15 is 0 Å². The third-order valence-electron chi connectivity index (χ3n) is 5.25. The zero-order valence-electron chi connectivity index (χ0n) is 17.9. The average Bonchev–Trinajstić information content (AvgIpc) is 2.48. The molecule has 144 valence electrons. The minimum atomic E-state index is -0.306. The largest absolute Gasteiger partial charge is 0.507 e. The molecule has 0 aliphatic rings. The van der Waals surface area contributed by atoms with Crippen LogP contribution < -0.4 is 5.73 Å². The van der Waals surface area contributed by atoms with Crippen LogP contribution in [0.3, 0.4) is 0 Å². The molecule has 0 unspecified atom stereocenters. The summed E-state index contributed by atoms with van der Waals surface area (Å²) in [5.74, 6) is 0.442. The maximum absolute atomic E-state index is 11.0. The first-order valence-electron chi connectivity index (χ1n) is 10.0. The van der Waals surface area contributed by atoms with Crippen LogP contribution in [0.4, 0.5) is 0 Å². The minimum Gasteiger partial charge on any atom is -0.507 e. The number of hydrogen-bond donors (Lipinski definition) is 2. The van der Waals surface area contributed by atoms with E-state index in [0.717, 1.165) is 49.7 Å². The van der Waals surface area contributed by atoms with E-state index in [4.69, 9.17) is 5.73 Å². The van der Waals surface area contributed by atoms with E-state index in [1.165, 1.54) is 5.56 Å². The topological polar surface area (TPSA) is 46.2 Å². The van der Waals surface area contributed by atoms with E-state index in [1.807, 2.05) is 0 Å². The summed E-state index contributed by atoms with van der Waals surface area (Å²) in [6, 6.07) is 4.35. The predicted octanol–water partition coefficient (Wildman–Crippen LogP) is 6.52. The highest BCUT2D eigenvalue weighted by molar-refractivity contribution is 5.51. The summed E-state index contributed by atoms with van der Waals surface area (Å²) in [6.45, 7) is 17.4. The van der Waals surface area contributed by atoms with Gasteiger partial charge in [-0.3, -0.25) is 0 Å². The number of unbranched alkanes of at least 4 members (excludes halogenated alkanes) is 2. The molecular formula is C23H41NO. The lowest BCUT2D eigenvalue weighted by Crippen LogP contribution is -2.37. The Kier molecular flexibility index (Phi) is 7.15. The van der Waals surface area contributed by atoms with Gasteiger partial charge in [0.25, 0.3) is 0 Å². The van der Waals surface area contributed by atoms with E-state index in [0.29, 0.717) is 5.75 Å². The highest BCUT2D eigenvalue weighted by Gasteiger charge is 2.32. The molecule has 1 rings (SSSR count). The molecule has 0 amide bonds. The van der Waals surface area contributed by atoms with Crippen molar-refractivity contribution in [3.63, 3.8) is 0 Å². The van der Waals surface area contributed by atoms with Gasteiger partial charge >= 0.3 is 0 Å². The molecule has 2 nitrogen and oxygen atoms in total. The second-order valence-corrected chi connectivity index (χ2v) is 9.78. The quantitative estimate of drug-likeness (QED) is 0.589. The average molecular weight is 348 g/mol. The first kappa shape index (κ1) is 22.0. The van der Waals surface area contributed by atoms with Gasteiger partial charge in [0.2, 0.25) is 0 Å². The summed E-state index contributed by atoms with van der Waals surface area (Å²) >= 11 is 0. The van der Waals surface area contributed by atoms with Crippen molar-refractivity contribution in [2.45, 2.75) is 110 Å². The predicted molar refractivity (Wildman–Crippen MR) is 110 cm³/mol. The zero-order chi connectivity index (χ0) is 19.5. The van der Waals surface area contributed by atoms with Gasteiger partial charge in [0.15, 0.2) is 0 Å². The smallest absolute Gasteiger partial charge is 0.123 e. The van der Waals surface area contributed by atoms with Crippen LogP contribution >= 0.6 is 0 Å². The fraction of sp³-hybridized carbons (Fsp3) is 0.739. The Labute approximate surface area is 156 Å². The van der Waals surface area contributed by atoms with Gasteiger partial charge in [-0.25, -0.2) is 0 Å². The molecule has 0 atom stereocenters. The molecule has 0 bridgehead atoms. The first-order chi connectivity index (χ1) is 11.4. The molecule has 0 radical (unpaired) electrons. The number of benzene rings is 1. The van der Waals surface area contributed by atoms with Gasteiger partial charge in [-0.2, -0.15) is 0 Å². The standard InChI is InChI=1S/C23H41NO/c1-9-11-13-23(24,14-12-10-2)17-15-18(21(3,4)5)20(25)19(16-17)22(6,7)8/h15-16,25H,9-14,24H2,1-8H3. The van der Waals surface area contributed by atoms with Crippen LogP contribution in [0.25, 0.3) is 0 Å². The van der Waals surface area contributed by atoms with Crippen LogP contribution in [0.2, 0.25) is 0 Å². The van der Waals surface area contributed by atoms with Crippen LogP contribution in [0.1, 0.15) is 111 Å². The Morgan fingerprint density at radius 1 is 0.800 bits per heavy atom. The lowest BCUT2D eigenvalue weighted by molar-refractivity contribution is 0.349. The number of rotatable bonds is 7. The summed E-state index contributed by atoms with van der Waals surface area (Å²) < 4.78 is 0. The first-order valence-corrected chi connectivity index (χ1v) is 10.0. The Morgan fingerprint density at radius 2 is 1.16 bits per heavy atom. The normalized spacial score (nSPS) is 13.3. The Bertz CT molecular complexity index is 517. The number of hydrogen-bond acceptors (Lipinski definition) is 2. The van der Waals surface area contributed by atoms with Crippen LogP contribution in [-0.4, -0.2) is 5.11 Å². The Balaban J connectivity index is 3.59. The van der Waals surface area contributed by atoms with E-state index in [9.17, 15) is 5.11 Å². The van der Waals surface area contributed by atoms with Gasteiger partial charge < -0.3 is 10.8 Å². The van der Waals surface area contributed by atoms with E-state index < -0.39 is 0 Å². The zero-order valence-corrected chi connectivity index (χ0v) is 17.9. The SMILES string of the molecule is CCCCC(N)(CCCC)c1cc(C(C)(C)C)c(O)c(C(C)(C)C)c1. The molecule has 0 aliphatic heterocycles. The maximum Gasteiger partial charge on any atom is 0.123 e. The van der Waals surface area contributed by atoms with Crippen LogP contribution in [0.5, 0.6) is 5.75 Å². The molecule has 0 heterocycles. The van der Waals surface area contributed by atoms with Gasteiger partial charge in [-0.1, -0.05) is 81.1 Å². The molecule has 0 aliphatic carbocycles. The maximum atomic E-state index is 11.0. The molecule has 1 aromatic carbocycles. The molecule has 25 heavy (non-hydrogen) atoms. The molecule has 3 N–H and O–H groups in total. The summed E-state index contributed by atoms with van der Waals surface area (Å²) in [6.07, 6.45) is 6.58. The van der Waals surface area contributed by atoms with Crippen LogP contribution in [0, 0.1) is 0 Å².